The lowest BCUT2D eigenvalue weighted by Gasteiger charge is -2.18. The smallest absolute Gasteiger partial charge is 0.283 e. The Labute approximate surface area is 162 Å². The van der Waals surface area contributed by atoms with Crippen molar-refractivity contribution in [2.24, 2.45) is 0 Å². The van der Waals surface area contributed by atoms with Gasteiger partial charge in [-0.25, -0.2) is 0 Å². The number of carbonyl (C=O) groups is 1. The van der Waals surface area contributed by atoms with Gasteiger partial charge in [0.05, 0.1) is 19.4 Å². The quantitative estimate of drug-likeness (QED) is 0.462. The zero-order valence-electron chi connectivity index (χ0n) is 15.9. The normalized spacial score (nSPS) is 11.5. The highest BCUT2D eigenvalue weighted by Gasteiger charge is 2.20. The number of benzene rings is 1. The molecule has 0 aliphatic rings. The van der Waals surface area contributed by atoms with Gasteiger partial charge in [-0.05, 0) is 38.1 Å². The highest BCUT2D eigenvalue weighted by Crippen LogP contribution is 2.23. The van der Waals surface area contributed by atoms with Gasteiger partial charge in [0.15, 0.2) is 11.5 Å². The fourth-order valence-electron chi connectivity index (χ4n) is 3.46. The standard InChI is InChI=1S/C21H22N4O3/c1-3-10-25(13-19-23-24-21(28-19)18-9-6-11-27-18)12-17(26)20-14(2)22-16-8-5-4-7-15(16)20/h4-9,11,22H,3,10,12-13H2,1-2H3. The van der Waals surface area contributed by atoms with E-state index in [-0.39, 0.29) is 12.3 Å². The molecule has 7 nitrogen and oxygen atoms in total. The van der Waals surface area contributed by atoms with Crippen LogP contribution in [0.1, 0.15) is 35.3 Å². The van der Waals surface area contributed by atoms with E-state index in [0.29, 0.717) is 24.1 Å². The molecular weight excluding hydrogens is 356 g/mol. The minimum atomic E-state index is 0.0779. The van der Waals surface area contributed by atoms with Crippen LogP contribution >= 0.6 is 0 Å². The Morgan fingerprint density at radius 3 is 2.82 bits per heavy atom. The number of nitrogens with one attached hydrogen (secondary N) is 1. The van der Waals surface area contributed by atoms with E-state index in [1.54, 1.807) is 18.4 Å². The molecular formula is C21H22N4O3. The first-order chi connectivity index (χ1) is 13.7. The molecule has 3 aromatic heterocycles. The van der Waals surface area contributed by atoms with Crippen LogP contribution in [0.15, 0.2) is 51.5 Å². The molecule has 0 amide bonds. The summed E-state index contributed by atoms with van der Waals surface area (Å²) in [5.41, 5.74) is 2.62. The van der Waals surface area contributed by atoms with Gasteiger partial charge in [-0.15, -0.1) is 10.2 Å². The lowest BCUT2D eigenvalue weighted by molar-refractivity contribution is 0.0920. The number of aromatic amines is 1. The molecule has 0 saturated heterocycles. The highest BCUT2D eigenvalue weighted by molar-refractivity contribution is 6.10. The average Bonchev–Trinajstić information content (AvgIpc) is 3.40. The molecule has 4 aromatic rings. The van der Waals surface area contributed by atoms with Crippen LogP contribution in [0.2, 0.25) is 0 Å². The Bertz CT molecular complexity index is 1080. The van der Waals surface area contributed by atoms with Gasteiger partial charge in [-0.3, -0.25) is 9.69 Å². The van der Waals surface area contributed by atoms with Gasteiger partial charge in [-0.1, -0.05) is 25.1 Å². The topological polar surface area (TPSA) is 88.2 Å². The van der Waals surface area contributed by atoms with Crippen molar-refractivity contribution in [2.45, 2.75) is 26.8 Å². The van der Waals surface area contributed by atoms with E-state index in [1.165, 1.54) is 0 Å². The van der Waals surface area contributed by atoms with Crippen molar-refractivity contribution >= 4 is 16.7 Å². The van der Waals surface area contributed by atoms with Crippen molar-refractivity contribution in [1.82, 2.24) is 20.1 Å². The number of para-hydroxylation sites is 1. The van der Waals surface area contributed by atoms with E-state index in [4.69, 9.17) is 8.83 Å². The fourth-order valence-corrected chi connectivity index (χ4v) is 3.46. The van der Waals surface area contributed by atoms with E-state index in [2.05, 4.69) is 22.1 Å². The maximum absolute atomic E-state index is 13.1. The summed E-state index contributed by atoms with van der Waals surface area (Å²) >= 11 is 0. The van der Waals surface area contributed by atoms with Crippen LogP contribution in [0.25, 0.3) is 22.6 Å². The molecule has 144 valence electrons. The summed E-state index contributed by atoms with van der Waals surface area (Å²) in [6.45, 7) is 5.47. The second-order valence-corrected chi connectivity index (χ2v) is 6.78. The maximum Gasteiger partial charge on any atom is 0.283 e. The Morgan fingerprint density at radius 2 is 2.04 bits per heavy atom. The van der Waals surface area contributed by atoms with Crippen LogP contribution in [0.5, 0.6) is 0 Å². The number of fused-ring (bicyclic) bond motifs is 1. The number of hydrogen-bond donors (Lipinski definition) is 1. The van der Waals surface area contributed by atoms with E-state index >= 15 is 0 Å². The first-order valence-corrected chi connectivity index (χ1v) is 9.35. The summed E-state index contributed by atoms with van der Waals surface area (Å²) in [5.74, 6) is 1.42. The molecule has 7 heteroatoms. The summed E-state index contributed by atoms with van der Waals surface area (Å²) in [6, 6.07) is 11.4. The number of ketones is 1. The van der Waals surface area contributed by atoms with Crippen molar-refractivity contribution < 1.29 is 13.6 Å². The van der Waals surface area contributed by atoms with Crippen LogP contribution in [0.4, 0.5) is 0 Å². The van der Waals surface area contributed by atoms with Gasteiger partial charge in [0.25, 0.3) is 5.89 Å². The third-order valence-electron chi connectivity index (χ3n) is 4.64. The third kappa shape index (κ3) is 3.61. The molecule has 0 atom stereocenters. The number of H-pyrrole nitrogens is 1. The van der Waals surface area contributed by atoms with Gasteiger partial charge in [0.1, 0.15) is 0 Å². The number of carbonyl (C=O) groups excluding carboxylic acids is 1. The molecule has 4 rings (SSSR count). The number of furan rings is 1. The van der Waals surface area contributed by atoms with Gasteiger partial charge >= 0.3 is 0 Å². The van der Waals surface area contributed by atoms with Crippen LogP contribution < -0.4 is 0 Å². The summed E-state index contributed by atoms with van der Waals surface area (Å²) in [6.07, 6.45) is 2.48. The Morgan fingerprint density at radius 1 is 1.18 bits per heavy atom. The Hall–Kier alpha value is -3.19. The lowest BCUT2D eigenvalue weighted by atomic mass is 10.1. The van der Waals surface area contributed by atoms with Gasteiger partial charge in [0, 0.05) is 22.2 Å². The molecule has 0 unspecified atom stereocenters. The zero-order valence-corrected chi connectivity index (χ0v) is 15.9. The van der Waals surface area contributed by atoms with Gasteiger partial charge in [-0.2, -0.15) is 0 Å². The predicted octanol–water partition coefficient (Wildman–Crippen LogP) is 4.21. The van der Waals surface area contributed by atoms with Crippen LogP contribution in [-0.4, -0.2) is 39.0 Å². The van der Waals surface area contributed by atoms with Crippen molar-refractivity contribution in [3.05, 3.63) is 59.8 Å². The monoisotopic (exact) mass is 378 g/mol. The van der Waals surface area contributed by atoms with E-state index in [0.717, 1.165) is 35.1 Å². The lowest BCUT2D eigenvalue weighted by Crippen LogP contribution is -2.30. The Kier molecular flexibility index (Phi) is 5.08. The predicted molar refractivity (Wildman–Crippen MR) is 105 cm³/mol. The molecule has 0 spiro atoms. The number of aryl methyl sites for hydroxylation is 1. The minimum absolute atomic E-state index is 0.0779. The Balaban J connectivity index is 1.52. The zero-order chi connectivity index (χ0) is 19.5. The summed E-state index contributed by atoms with van der Waals surface area (Å²) < 4.78 is 11.0. The number of hydrogen-bond acceptors (Lipinski definition) is 6. The van der Waals surface area contributed by atoms with Crippen LogP contribution in [0.3, 0.4) is 0 Å². The van der Waals surface area contributed by atoms with E-state index < -0.39 is 0 Å². The van der Waals surface area contributed by atoms with Crippen LogP contribution in [0, 0.1) is 6.92 Å². The second-order valence-electron chi connectivity index (χ2n) is 6.78. The molecule has 3 heterocycles. The molecule has 28 heavy (non-hydrogen) atoms. The molecule has 0 aliphatic carbocycles. The molecule has 0 radical (unpaired) electrons. The first kappa shape index (κ1) is 18.2. The number of Topliss-reactive ketones (excluding diaryl/α,β-unsaturated/α-hetero) is 1. The highest BCUT2D eigenvalue weighted by atomic mass is 16.4. The summed E-state index contributed by atoms with van der Waals surface area (Å²) in [5, 5.41) is 9.08. The third-order valence-corrected chi connectivity index (χ3v) is 4.64. The summed E-state index contributed by atoms with van der Waals surface area (Å²) in [7, 11) is 0. The van der Waals surface area contributed by atoms with Crippen molar-refractivity contribution in [3.63, 3.8) is 0 Å². The van der Waals surface area contributed by atoms with Crippen molar-refractivity contribution in [2.75, 3.05) is 13.1 Å². The van der Waals surface area contributed by atoms with Crippen molar-refractivity contribution in [1.29, 1.82) is 0 Å². The van der Waals surface area contributed by atoms with Gasteiger partial charge in [0.2, 0.25) is 5.89 Å². The largest absolute Gasteiger partial charge is 0.459 e. The second kappa shape index (κ2) is 7.82. The van der Waals surface area contributed by atoms with E-state index in [9.17, 15) is 4.79 Å². The molecule has 0 bridgehead atoms. The fraction of sp³-hybridized carbons (Fsp3) is 0.286. The molecule has 1 aromatic carbocycles. The SMILES string of the molecule is CCCN(CC(=O)c1c(C)[nH]c2ccccc12)Cc1nnc(-c2ccco2)o1. The maximum atomic E-state index is 13.1. The summed E-state index contributed by atoms with van der Waals surface area (Å²) in [4.78, 5) is 18.4. The first-order valence-electron chi connectivity index (χ1n) is 9.35. The molecule has 1 N–H and O–H groups in total. The molecule has 0 saturated carbocycles. The van der Waals surface area contributed by atoms with Crippen LogP contribution in [-0.2, 0) is 6.54 Å². The number of nitrogens with zero attached hydrogens (tertiary/aromatic N) is 3. The number of rotatable bonds is 8. The molecule has 0 aliphatic heterocycles. The van der Waals surface area contributed by atoms with E-state index in [1.807, 2.05) is 36.1 Å². The number of aromatic nitrogens is 3. The molecule has 0 fully saturated rings. The minimum Gasteiger partial charge on any atom is -0.459 e. The van der Waals surface area contributed by atoms with Crippen molar-refractivity contribution in [3.8, 4) is 11.7 Å². The van der Waals surface area contributed by atoms with Gasteiger partial charge < -0.3 is 13.8 Å². The average molecular weight is 378 g/mol.